The van der Waals surface area contributed by atoms with Gasteiger partial charge in [-0.1, -0.05) is 26.2 Å². The minimum Gasteiger partial charge on any atom is -0.461 e. The fourth-order valence-electron chi connectivity index (χ4n) is 2.95. The third-order valence-electron chi connectivity index (χ3n) is 3.93. The number of carbonyl (C=O) groups is 1. The lowest BCUT2D eigenvalue weighted by Gasteiger charge is -2.26. The summed E-state index contributed by atoms with van der Waals surface area (Å²) >= 11 is 0. The van der Waals surface area contributed by atoms with E-state index in [2.05, 4.69) is 6.92 Å². The van der Waals surface area contributed by atoms with Gasteiger partial charge in [0.25, 0.3) is 0 Å². The zero-order valence-electron chi connectivity index (χ0n) is 10.8. The summed E-state index contributed by atoms with van der Waals surface area (Å²) in [6.45, 7) is 2.38. The maximum absolute atomic E-state index is 11.6. The number of hydrogen-bond acceptors (Lipinski definition) is 3. The van der Waals surface area contributed by atoms with Crippen molar-refractivity contribution in [2.75, 3.05) is 6.61 Å². The van der Waals surface area contributed by atoms with Crippen LogP contribution in [0.25, 0.3) is 0 Å². The van der Waals surface area contributed by atoms with Gasteiger partial charge in [-0.25, -0.2) is 4.79 Å². The molecule has 98 valence electrons. The van der Waals surface area contributed by atoms with E-state index in [-0.39, 0.29) is 18.7 Å². The summed E-state index contributed by atoms with van der Waals surface area (Å²) in [6.07, 6.45) is 9.62. The van der Waals surface area contributed by atoms with E-state index in [9.17, 15) is 4.79 Å². The van der Waals surface area contributed by atoms with E-state index in [4.69, 9.17) is 9.47 Å². The molecule has 2 atom stereocenters. The molecule has 0 aliphatic heterocycles. The molecule has 2 unspecified atom stereocenters. The normalized spacial score (nSPS) is 30.4. The third-order valence-corrected chi connectivity index (χ3v) is 3.93. The van der Waals surface area contributed by atoms with Crippen LogP contribution in [0.15, 0.2) is 0 Å². The highest BCUT2D eigenvalue weighted by molar-refractivity contribution is 5.70. The summed E-state index contributed by atoms with van der Waals surface area (Å²) in [7, 11) is 0. The van der Waals surface area contributed by atoms with Crippen molar-refractivity contribution >= 4 is 5.97 Å². The van der Waals surface area contributed by atoms with Crippen molar-refractivity contribution in [2.24, 2.45) is 5.92 Å². The fraction of sp³-hybridized carbons (Fsp3) is 0.929. The van der Waals surface area contributed by atoms with Crippen LogP contribution >= 0.6 is 0 Å². The average Bonchev–Trinajstić information content (AvgIpc) is 2.79. The molecule has 3 heteroatoms. The Bertz CT molecular complexity index is 246. The van der Waals surface area contributed by atoms with E-state index in [1.54, 1.807) is 0 Å². The van der Waals surface area contributed by atoms with Crippen molar-refractivity contribution in [1.29, 1.82) is 0 Å². The third kappa shape index (κ3) is 4.30. The number of hydrogen-bond donors (Lipinski definition) is 0. The van der Waals surface area contributed by atoms with Crippen molar-refractivity contribution in [3.63, 3.8) is 0 Å². The Hall–Kier alpha value is -0.570. The molecular weight excluding hydrogens is 216 g/mol. The van der Waals surface area contributed by atoms with Gasteiger partial charge in [0.15, 0.2) is 0 Å². The SMILES string of the molecule is CC1CCCC(OC(=O)COC2CCCC2)C1. The van der Waals surface area contributed by atoms with Crippen LogP contribution < -0.4 is 0 Å². The lowest BCUT2D eigenvalue weighted by molar-refractivity contribution is -0.158. The molecule has 2 fully saturated rings. The molecule has 0 amide bonds. The van der Waals surface area contributed by atoms with Gasteiger partial charge in [0, 0.05) is 0 Å². The predicted octanol–water partition coefficient (Wildman–Crippen LogP) is 3.07. The minimum absolute atomic E-state index is 0.137. The maximum atomic E-state index is 11.6. The highest BCUT2D eigenvalue weighted by Gasteiger charge is 2.23. The monoisotopic (exact) mass is 240 g/mol. The van der Waals surface area contributed by atoms with Gasteiger partial charge in [-0.05, 0) is 38.0 Å². The molecule has 0 spiro atoms. The van der Waals surface area contributed by atoms with Crippen molar-refractivity contribution in [1.82, 2.24) is 0 Å². The van der Waals surface area contributed by atoms with Crippen LogP contribution in [0.1, 0.15) is 58.3 Å². The Kier molecular flexibility index (Phi) is 4.84. The molecular formula is C14H24O3. The quantitative estimate of drug-likeness (QED) is 0.708. The number of esters is 1. The van der Waals surface area contributed by atoms with E-state index in [0.717, 1.165) is 25.7 Å². The lowest BCUT2D eigenvalue weighted by Crippen LogP contribution is -2.27. The highest BCUT2D eigenvalue weighted by Crippen LogP contribution is 2.26. The summed E-state index contributed by atoms with van der Waals surface area (Å²) < 4.78 is 11.0. The van der Waals surface area contributed by atoms with E-state index >= 15 is 0 Å². The molecule has 0 saturated heterocycles. The van der Waals surface area contributed by atoms with Gasteiger partial charge in [0.2, 0.25) is 0 Å². The lowest BCUT2D eigenvalue weighted by atomic mass is 9.89. The largest absolute Gasteiger partial charge is 0.461 e. The van der Waals surface area contributed by atoms with Crippen molar-refractivity contribution in [2.45, 2.75) is 70.5 Å². The van der Waals surface area contributed by atoms with Gasteiger partial charge in [0.05, 0.1) is 6.10 Å². The number of ether oxygens (including phenoxy) is 2. The van der Waals surface area contributed by atoms with E-state index in [1.807, 2.05) is 0 Å². The second-order valence-corrected chi connectivity index (χ2v) is 5.60. The Balaban J connectivity index is 1.62. The molecule has 0 bridgehead atoms. The van der Waals surface area contributed by atoms with E-state index < -0.39 is 0 Å². The maximum Gasteiger partial charge on any atom is 0.332 e. The van der Waals surface area contributed by atoms with Gasteiger partial charge in [0.1, 0.15) is 12.7 Å². The summed E-state index contributed by atoms with van der Waals surface area (Å²) in [5.74, 6) is 0.522. The molecule has 17 heavy (non-hydrogen) atoms. The van der Waals surface area contributed by atoms with Crippen molar-refractivity contribution in [3.05, 3.63) is 0 Å². The smallest absolute Gasteiger partial charge is 0.332 e. The first kappa shape index (κ1) is 12.9. The number of rotatable bonds is 4. The van der Waals surface area contributed by atoms with Crippen molar-refractivity contribution < 1.29 is 14.3 Å². The molecule has 0 aromatic heterocycles. The second-order valence-electron chi connectivity index (χ2n) is 5.60. The van der Waals surface area contributed by atoms with Gasteiger partial charge in [-0.2, -0.15) is 0 Å². The van der Waals surface area contributed by atoms with Gasteiger partial charge >= 0.3 is 5.97 Å². The van der Waals surface area contributed by atoms with Gasteiger partial charge in [-0.15, -0.1) is 0 Å². The van der Waals surface area contributed by atoms with Crippen LogP contribution in [0.5, 0.6) is 0 Å². The predicted molar refractivity (Wildman–Crippen MR) is 65.7 cm³/mol. The molecule has 2 rings (SSSR count). The Morgan fingerprint density at radius 3 is 2.47 bits per heavy atom. The first-order valence-electron chi connectivity index (χ1n) is 7.05. The molecule has 3 nitrogen and oxygen atoms in total. The molecule has 2 aliphatic rings. The van der Waals surface area contributed by atoms with Crippen LogP contribution in [0.2, 0.25) is 0 Å². The Labute approximate surface area is 104 Å². The van der Waals surface area contributed by atoms with Gasteiger partial charge < -0.3 is 9.47 Å². The second kappa shape index (κ2) is 6.39. The highest BCUT2D eigenvalue weighted by atomic mass is 16.6. The van der Waals surface area contributed by atoms with Crippen LogP contribution in [0, 0.1) is 5.92 Å². The van der Waals surface area contributed by atoms with Crippen LogP contribution in [-0.4, -0.2) is 24.8 Å². The zero-order valence-corrected chi connectivity index (χ0v) is 10.8. The summed E-state index contributed by atoms with van der Waals surface area (Å²) in [5.41, 5.74) is 0. The Morgan fingerprint density at radius 2 is 1.76 bits per heavy atom. The van der Waals surface area contributed by atoms with Crippen LogP contribution in [0.3, 0.4) is 0 Å². The van der Waals surface area contributed by atoms with E-state index in [1.165, 1.54) is 25.7 Å². The molecule has 0 radical (unpaired) electrons. The molecule has 2 saturated carbocycles. The average molecular weight is 240 g/mol. The first-order chi connectivity index (χ1) is 8.24. The van der Waals surface area contributed by atoms with Crippen molar-refractivity contribution in [3.8, 4) is 0 Å². The Morgan fingerprint density at radius 1 is 1.06 bits per heavy atom. The summed E-state index contributed by atoms with van der Waals surface area (Å²) in [4.78, 5) is 11.6. The number of carbonyl (C=O) groups excluding carboxylic acids is 1. The molecule has 0 aromatic rings. The minimum atomic E-state index is -0.170. The first-order valence-corrected chi connectivity index (χ1v) is 7.05. The molecule has 0 N–H and O–H groups in total. The standard InChI is InChI=1S/C14H24O3/c1-11-5-4-8-13(9-11)17-14(15)10-16-12-6-2-3-7-12/h11-13H,2-10H2,1H3. The summed E-state index contributed by atoms with van der Waals surface area (Å²) in [5, 5.41) is 0. The topological polar surface area (TPSA) is 35.5 Å². The summed E-state index contributed by atoms with van der Waals surface area (Å²) in [6, 6.07) is 0. The fourth-order valence-corrected chi connectivity index (χ4v) is 2.95. The molecule has 2 aliphatic carbocycles. The van der Waals surface area contributed by atoms with Crippen LogP contribution in [0.4, 0.5) is 0 Å². The molecule has 0 aromatic carbocycles. The zero-order chi connectivity index (χ0) is 12.1. The van der Waals surface area contributed by atoms with Gasteiger partial charge in [-0.3, -0.25) is 0 Å². The van der Waals surface area contributed by atoms with E-state index in [0.29, 0.717) is 12.0 Å². The molecule has 0 heterocycles. The van der Waals surface area contributed by atoms with Crippen LogP contribution in [-0.2, 0) is 14.3 Å².